The fraction of sp³-hybridized carbons (Fsp3) is 0.125. The predicted octanol–water partition coefficient (Wildman–Crippen LogP) is 2.12. The van der Waals surface area contributed by atoms with Gasteiger partial charge in [-0.25, -0.2) is 0 Å². The number of hydrogen-bond donors (Lipinski definition) is 0. The standard InChI is InChI=1S/C16H13N5O3/c1-22-12-8-6-11(7-9-12)16-19-18-15(24-16)10-23-21-14-5-3-2-4-13(14)17-20-21/h2-9H,10H2,1H3. The molecule has 0 aliphatic rings. The van der Waals surface area contributed by atoms with Gasteiger partial charge in [0.15, 0.2) is 6.61 Å². The number of aromatic nitrogens is 5. The maximum absolute atomic E-state index is 5.60. The molecule has 0 saturated heterocycles. The second-order valence-corrected chi connectivity index (χ2v) is 4.95. The quantitative estimate of drug-likeness (QED) is 0.556. The highest BCUT2D eigenvalue weighted by atomic mass is 16.7. The number of ether oxygens (including phenoxy) is 1. The average molecular weight is 323 g/mol. The number of benzene rings is 2. The highest BCUT2D eigenvalue weighted by Crippen LogP contribution is 2.21. The molecule has 0 radical (unpaired) electrons. The third-order valence-corrected chi connectivity index (χ3v) is 3.44. The molecule has 24 heavy (non-hydrogen) atoms. The van der Waals surface area contributed by atoms with E-state index in [4.69, 9.17) is 14.0 Å². The van der Waals surface area contributed by atoms with Crippen LogP contribution < -0.4 is 9.57 Å². The van der Waals surface area contributed by atoms with Crippen molar-refractivity contribution >= 4 is 11.0 Å². The number of rotatable bonds is 5. The molecule has 120 valence electrons. The molecule has 2 aromatic carbocycles. The second kappa shape index (κ2) is 5.99. The fourth-order valence-corrected chi connectivity index (χ4v) is 2.22. The molecular weight excluding hydrogens is 310 g/mol. The molecule has 8 nitrogen and oxygen atoms in total. The molecular formula is C16H13N5O3. The van der Waals surface area contributed by atoms with E-state index in [1.165, 1.54) is 4.85 Å². The SMILES string of the molecule is COc1ccc(-c2nnc(COn3nnc4ccccc43)o2)cc1. The molecule has 2 aromatic heterocycles. The number of nitrogens with zero attached hydrogens (tertiary/aromatic N) is 5. The van der Waals surface area contributed by atoms with E-state index in [1.807, 2.05) is 48.5 Å². The van der Waals surface area contributed by atoms with Crippen molar-refractivity contribution in [3.63, 3.8) is 0 Å². The Morgan fingerprint density at radius 2 is 1.83 bits per heavy atom. The summed E-state index contributed by atoms with van der Waals surface area (Å²) in [6.45, 7) is 0.0938. The van der Waals surface area contributed by atoms with Crippen LogP contribution in [-0.2, 0) is 6.61 Å². The summed E-state index contributed by atoms with van der Waals surface area (Å²) in [6, 6.07) is 14.9. The van der Waals surface area contributed by atoms with Gasteiger partial charge in [0.05, 0.1) is 7.11 Å². The molecule has 0 unspecified atom stereocenters. The van der Waals surface area contributed by atoms with E-state index in [1.54, 1.807) is 7.11 Å². The average Bonchev–Trinajstić information content (AvgIpc) is 3.27. The molecule has 0 spiro atoms. The van der Waals surface area contributed by atoms with Gasteiger partial charge in [0.2, 0.25) is 5.89 Å². The summed E-state index contributed by atoms with van der Waals surface area (Å²) in [7, 11) is 1.62. The van der Waals surface area contributed by atoms with Gasteiger partial charge in [0.1, 0.15) is 16.8 Å². The van der Waals surface area contributed by atoms with Gasteiger partial charge in [-0.1, -0.05) is 17.0 Å². The van der Waals surface area contributed by atoms with Gasteiger partial charge < -0.3 is 14.0 Å². The van der Waals surface area contributed by atoms with Crippen LogP contribution in [0, 0.1) is 0 Å². The predicted molar refractivity (Wildman–Crippen MR) is 84.1 cm³/mol. The van der Waals surface area contributed by atoms with Gasteiger partial charge in [0.25, 0.3) is 5.89 Å². The van der Waals surface area contributed by atoms with Crippen LogP contribution in [0.25, 0.3) is 22.5 Å². The van der Waals surface area contributed by atoms with E-state index in [-0.39, 0.29) is 6.61 Å². The Balaban J connectivity index is 1.48. The van der Waals surface area contributed by atoms with Crippen LogP contribution in [0.5, 0.6) is 5.75 Å². The van der Waals surface area contributed by atoms with Gasteiger partial charge in [0, 0.05) is 5.56 Å². The Morgan fingerprint density at radius 3 is 2.67 bits per heavy atom. The Morgan fingerprint density at radius 1 is 1.00 bits per heavy atom. The molecule has 0 aliphatic heterocycles. The van der Waals surface area contributed by atoms with Gasteiger partial charge >= 0.3 is 0 Å². The molecule has 8 heteroatoms. The normalized spacial score (nSPS) is 10.9. The van der Waals surface area contributed by atoms with Crippen LogP contribution in [-0.4, -0.2) is 32.5 Å². The zero-order valence-corrected chi connectivity index (χ0v) is 12.8. The van der Waals surface area contributed by atoms with Crippen molar-refractivity contribution in [3.05, 3.63) is 54.4 Å². The van der Waals surface area contributed by atoms with Gasteiger partial charge in [-0.2, -0.15) is 0 Å². The van der Waals surface area contributed by atoms with Crippen LogP contribution >= 0.6 is 0 Å². The minimum Gasteiger partial charge on any atom is -0.497 e. The third-order valence-electron chi connectivity index (χ3n) is 3.44. The summed E-state index contributed by atoms with van der Waals surface area (Å²) >= 11 is 0. The Labute approximate surface area is 136 Å². The van der Waals surface area contributed by atoms with Crippen molar-refractivity contribution in [1.29, 1.82) is 0 Å². The highest BCUT2D eigenvalue weighted by molar-refractivity contribution is 5.73. The first-order valence-corrected chi connectivity index (χ1v) is 7.24. The van der Waals surface area contributed by atoms with E-state index >= 15 is 0 Å². The zero-order chi connectivity index (χ0) is 16.4. The van der Waals surface area contributed by atoms with Crippen molar-refractivity contribution in [1.82, 2.24) is 25.4 Å². The summed E-state index contributed by atoms with van der Waals surface area (Å²) in [5.74, 6) is 1.53. The zero-order valence-electron chi connectivity index (χ0n) is 12.8. The molecule has 0 bridgehead atoms. The molecule has 0 saturated carbocycles. The van der Waals surface area contributed by atoms with Crippen molar-refractivity contribution in [2.75, 3.05) is 7.11 Å². The molecule has 2 heterocycles. The minimum absolute atomic E-state index is 0.0938. The van der Waals surface area contributed by atoms with Gasteiger partial charge in [-0.05, 0) is 41.6 Å². The lowest BCUT2D eigenvalue weighted by molar-refractivity contribution is 0.0618. The first kappa shape index (κ1) is 14.2. The number of para-hydroxylation sites is 1. The molecule has 0 N–H and O–H groups in total. The maximum Gasteiger partial charge on any atom is 0.257 e. The monoisotopic (exact) mass is 323 g/mol. The molecule has 0 fully saturated rings. The van der Waals surface area contributed by atoms with E-state index in [2.05, 4.69) is 20.5 Å². The van der Waals surface area contributed by atoms with Crippen LogP contribution in [0.15, 0.2) is 52.9 Å². The van der Waals surface area contributed by atoms with E-state index in [0.717, 1.165) is 22.3 Å². The van der Waals surface area contributed by atoms with Crippen LogP contribution in [0.2, 0.25) is 0 Å². The second-order valence-electron chi connectivity index (χ2n) is 4.95. The summed E-state index contributed by atoms with van der Waals surface area (Å²) < 4.78 is 10.7. The summed E-state index contributed by atoms with van der Waals surface area (Å²) in [6.07, 6.45) is 0. The lowest BCUT2D eigenvalue weighted by atomic mass is 10.2. The number of methoxy groups -OCH3 is 1. The number of fused-ring (bicyclic) bond motifs is 1. The fourth-order valence-electron chi connectivity index (χ4n) is 2.22. The summed E-state index contributed by atoms with van der Waals surface area (Å²) in [4.78, 5) is 6.90. The van der Waals surface area contributed by atoms with Crippen molar-refractivity contribution in [2.24, 2.45) is 0 Å². The molecule has 0 atom stereocenters. The molecule has 4 aromatic rings. The van der Waals surface area contributed by atoms with Crippen molar-refractivity contribution < 1.29 is 14.0 Å². The minimum atomic E-state index is 0.0938. The molecule has 0 amide bonds. The van der Waals surface area contributed by atoms with Gasteiger partial charge in [-0.3, -0.25) is 0 Å². The van der Waals surface area contributed by atoms with E-state index in [0.29, 0.717) is 11.8 Å². The lowest BCUT2D eigenvalue weighted by Gasteiger charge is -2.01. The van der Waals surface area contributed by atoms with E-state index < -0.39 is 0 Å². The van der Waals surface area contributed by atoms with Crippen LogP contribution in [0.3, 0.4) is 0 Å². The topological polar surface area (TPSA) is 88.1 Å². The molecule has 0 aliphatic carbocycles. The summed E-state index contributed by atoms with van der Waals surface area (Å²) in [5.41, 5.74) is 2.33. The smallest absolute Gasteiger partial charge is 0.257 e. The Hall–Kier alpha value is -3.42. The first-order valence-electron chi connectivity index (χ1n) is 7.24. The van der Waals surface area contributed by atoms with Crippen LogP contribution in [0.4, 0.5) is 0 Å². The van der Waals surface area contributed by atoms with Crippen LogP contribution in [0.1, 0.15) is 5.89 Å². The largest absolute Gasteiger partial charge is 0.497 e. The third kappa shape index (κ3) is 2.65. The van der Waals surface area contributed by atoms with E-state index in [9.17, 15) is 0 Å². The molecule has 4 rings (SSSR count). The number of hydrogen-bond acceptors (Lipinski definition) is 7. The van der Waals surface area contributed by atoms with Crippen molar-refractivity contribution in [2.45, 2.75) is 6.61 Å². The Kier molecular flexibility index (Phi) is 3.54. The van der Waals surface area contributed by atoms with Gasteiger partial charge in [-0.15, -0.1) is 15.3 Å². The Bertz CT molecular complexity index is 961. The summed E-state index contributed by atoms with van der Waals surface area (Å²) in [5, 5.41) is 15.9. The highest BCUT2D eigenvalue weighted by Gasteiger charge is 2.11. The van der Waals surface area contributed by atoms with Crippen molar-refractivity contribution in [3.8, 4) is 17.2 Å². The maximum atomic E-state index is 5.60. The first-order chi connectivity index (χ1) is 11.8. The lowest BCUT2D eigenvalue weighted by Crippen LogP contribution is -2.12.